The van der Waals surface area contributed by atoms with Gasteiger partial charge in [-0.2, -0.15) is 4.39 Å². The van der Waals surface area contributed by atoms with Gasteiger partial charge >= 0.3 is 0 Å². The fraction of sp³-hybridized carbons (Fsp3) is 0.167. The molecule has 1 rings (SSSR count). The lowest BCUT2D eigenvalue weighted by molar-refractivity contribution is 0.150. The molecule has 0 aliphatic carbocycles. The first-order valence-corrected chi connectivity index (χ1v) is 5.32. The van der Waals surface area contributed by atoms with Crippen LogP contribution in [-0.4, -0.2) is 13.4 Å². The van der Waals surface area contributed by atoms with Crippen molar-refractivity contribution in [2.45, 2.75) is 11.3 Å². The average Bonchev–Trinajstić information content (AvgIpc) is 2.00. The summed E-state index contributed by atoms with van der Waals surface area (Å²) in [5, 5.41) is 3.65. The number of primary sulfonamides is 1. The molecule has 84 valence electrons. The Morgan fingerprint density at radius 2 is 2.00 bits per heavy atom. The second-order valence-electron chi connectivity index (χ2n) is 2.49. The Labute approximate surface area is 87.9 Å². The number of hydrogen-bond donors (Lipinski definition) is 1. The van der Waals surface area contributed by atoms with Gasteiger partial charge in [0.1, 0.15) is 0 Å². The van der Waals surface area contributed by atoms with Crippen molar-refractivity contribution in [2.75, 3.05) is 0 Å². The summed E-state index contributed by atoms with van der Waals surface area (Å²) in [5.41, 5.74) is -0.887. The largest absolute Gasteiger partial charge is 0.266 e. The normalized spacial score (nSPS) is 12.1. The molecule has 1 heterocycles. The van der Waals surface area contributed by atoms with Crippen molar-refractivity contribution in [3.05, 3.63) is 22.7 Å². The van der Waals surface area contributed by atoms with Gasteiger partial charge in [0.2, 0.25) is 16.0 Å². The van der Waals surface area contributed by atoms with E-state index in [9.17, 15) is 21.6 Å². The zero-order valence-corrected chi connectivity index (χ0v) is 8.49. The number of rotatable bonds is 2. The molecule has 0 bridgehead atoms. The van der Waals surface area contributed by atoms with Gasteiger partial charge in [0.25, 0.3) is 6.43 Å². The van der Waals surface area contributed by atoms with E-state index in [1.54, 1.807) is 0 Å². The van der Waals surface area contributed by atoms with E-state index in [0.29, 0.717) is 6.20 Å². The van der Waals surface area contributed by atoms with Gasteiger partial charge in [-0.05, 0) is 0 Å². The maximum absolute atomic E-state index is 12.9. The molecule has 1 aromatic heterocycles. The topological polar surface area (TPSA) is 73.1 Å². The summed E-state index contributed by atoms with van der Waals surface area (Å²) >= 11 is 5.27. The van der Waals surface area contributed by atoms with E-state index < -0.39 is 37.9 Å². The van der Waals surface area contributed by atoms with E-state index in [4.69, 9.17) is 11.6 Å². The molecular formula is C6H4ClF3N2O2S. The minimum absolute atomic E-state index is 0.455. The Bertz CT molecular complexity index is 491. The van der Waals surface area contributed by atoms with Crippen LogP contribution in [0.1, 0.15) is 12.0 Å². The van der Waals surface area contributed by atoms with E-state index in [0.717, 1.165) is 0 Å². The summed E-state index contributed by atoms with van der Waals surface area (Å²) in [5.74, 6) is -1.51. The molecule has 0 aromatic carbocycles. The maximum Gasteiger partial charge on any atom is 0.266 e. The molecule has 0 radical (unpaired) electrons. The quantitative estimate of drug-likeness (QED) is 0.818. The molecular weight excluding hydrogens is 257 g/mol. The highest BCUT2D eigenvalue weighted by atomic mass is 35.5. The maximum atomic E-state index is 12.9. The molecule has 0 aliphatic rings. The zero-order valence-electron chi connectivity index (χ0n) is 6.92. The van der Waals surface area contributed by atoms with Crippen molar-refractivity contribution < 1.29 is 21.6 Å². The summed E-state index contributed by atoms with van der Waals surface area (Å²) in [6.07, 6.45) is -2.61. The van der Waals surface area contributed by atoms with Gasteiger partial charge in [0.05, 0.1) is 10.6 Å². The van der Waals surface area contributed by atoms with E-state index in [-0.39, 0.29) is 0 Å². The first-order chi connectivity index (χ1) is 6.75. The minimum Gasteiger partial charge on any atom is -0.227 e. The Morgan fingerprint density at radius 1 is 1.47 bits per heavy atom. The van der Waals surface area contributed by atoms with Gasteiger partial charge in [-0.25, -0.2) is 27.3 Å². The van der Waals surface area contributed by atoms with Crippen molar-refractivity contribution in [3.8, 4) is 0 Å². The summed E-state index contributed by atoms with van der Waals surface area (Å²) in [6, 6.07) is 0. The van der Waals surface area contributed by atoms with E-state index >= 15 is 0 Å². The third-order valence-electron chi connectivity index (χ3n) is 1.48. The fourth-order valence-corrected chi connectivity index (χ4v) is 2.04. The SMILES string of the molecule is NS(=O)(=O)c1c(F)ncc(C(F)F)c1Cl. The number of halogens is 4. The lowest BCUT2D eigenvalue weighted by atomic mass is 10.3. The van der Waals surface area contributed by atoms with Gasteiger partial charge in [-0.15, -0.1) is 0 Å². The Balaban J connectivity index is 3.59. The average molecular weight is 261 g/mol. The van der Waals surface area contributed by atoms with Crippen molar-refractivity contribution in [2.24, 2.45) is 5.14 Å². The smallest absolute Gasteiger partial charge is 0.227 e. The van der Waals surface area contributed by atoms with Gasteiger partial charge in [-0.3, -0.25) is 0 Å². The lowest BCUT2D eigenvalue weighted by Crippen LogP contribution is -2.16. The van der Waals surface area contributed by atoms with Crippen LogP contribution in [0.3, 0.4) is 0 Å². The highest BCUT2D eigenvalue weighted by molar-refractivity contribution is 7.89. The van der Waals surface area contributed by atoms with Crippen LogP contribution in [0.25, 0.3) is 0 Å². The molecule has 0 saturated heterocycles. The second kappa shape index (κ2) is 3.95. The molecule has 0 atom stereocenters. The molecule has 1 aromatic rings. The van der Waals surface area contributed by atoms with Crippen LogP contribution in [0.4, 0.5) is 13.2 Å². The molecule has 0 amide bonds. The van der Waals surface area contributed by atoms with Crippen LogP contribution in [0.5, 0.6) is 0 Å². The molecule has 4 nitrogen and oxygen atoms in total. The Kier molecular flexibility index (Phi) is 3.22. The first-order valence-electron chi connectivity index (χ1n) is 3.40. The first kappa shape index (κ1) is 12.2. The van der Waals surface area contributed by atoms with Crippen molar-refractivity contribution in [3.63, 3.8) is 0 Å². The predicted molar refractivity (Wildman–Crippen MR) is 45.5 cm³/mol. The van der Waals surface area contributed by atoms with Crippen LogP contribution in [0.2, 0.25) is 5.02 Å². The second-order valence-corrected chi connectivity index (χ2v) is 4.37. The van der Waals surface area contributed by atoms with Crippen molar-refractivity contribution in [1.29, 1.82) is 0 Å². The predicted octanol–water partition coefficient (Wildman–Crippen LogP) is 1.46. The molecule has 0 saturated carbocycles. The molecule has 2 N–H and O–H groups in total. The van der Waals surface area contributed by atoms with Crippen LogP contribution in [0.15, 0.2) is 11.1 Å². The molecule has 0 spiro atoms. The van der Waals surface area contributed by atoms with Crippen LogP contribution in [0, 0.1) is 5.95 Å². The number of nitrogens with zero attached hydrogens (tertiary/aromatic N) is 1. The van der Waals surface area contributed by atoms with Gasteiger partial charge in [0, 0.05) is 6.20 Å². The van der Waals surface area contributed by atoms with E-state index in [2.05, 4.69) is 10.1 Å². The molecule has 9 heteroatoms. The number of sulfonamides is 1. The molecule has 0 aliphatic heterocycles. The highest BCUT2D eigenvalue weighted by Crippen LogP contribution is 2.31. The van der Waals surface area contributed by atoms with Gasteiger partial charge in [-0.1, -0.05) is 11.6 Å². The number of aromatic nitrogens is 1. The summed E-state index contributed by atoms with van der Waals surface area (Å²) in [7, 11) is -4.52. The molecule has 15 heavy (non-hydrogen) atoms. The van der Waals surface area contributed by atoms with Gasteiger partial charge < -0.3 is 0 Å². The van der Waals surface area contributed by atoms with Gasteiger partial charge in [0.15, 0.2) is 4.90 Å². The van der Waals surface area contributed by atoms with Crippen LogP contribution < -0.4 is 5.14 Å². The molecule has 0 unspecified atom stereocenters. The van der Waals surface area contributed by atoms with Crippen molar-refractivity contribution in [1.82, 2.24) is 4.98 Å². The number of hydrogen-bond acceptors (Lipinski definition) is 3. The lowest BCUT2D eigenvalue weighted by Gasteiger charge is -2.07. The van der Waals surface area contributed by atoms with E-state index in [1.807, 2.05) is 0 Å². The van der Waals surface area contributed by atoms with Crippen molar-refractivity contribution >= 4 is 21.6 Å². The monoisotopic (exact) mass is 260 g/mol. The number of pyridine rings is 1. The van der Waals surface area contributed by atoms with Crippen LogP contribution in [-0.2, 0) is 10.0 Å². The summed E-state index contributed by atoms with van der Waals surface area (Å²) in [4.78, 5) is 1.62. The fourth-order valence-electron chi connectivity index (χ4n) is 0.858. The number of alkyl halides is 2. The van der Waals surface area contributed by atoms with E-state index in [1.165, 1.54) is 0 Å². The third kappa shape index (κ3) is 2.39. The Hall–Kier alpha value is -0.860. The standard InChI is InChI=1S/C6H4ClF3N2O2S/c7-3-2(5(8)9)1-12-6(10)4(3)15(11,13)14/h1,5H,(H2,11,13,14). The third-order valence-corrected chi connectivity index (χ3v) is 2.94. The van der Waals surface area contributed by atoms with Crippen LogP contribution >= 0.6 is 11.6 Å². The number of nitrogens with two attached hydrogens (primary N) is 1. The molecule has 0 fully saturated rings. The Morgan fingerprint density at radius 3 is 2.40 bits per heavy atom. The minimum atomic E-state index is -4.52. The summed E-state index contributed by atoms with van der Waals surface area (Å²) in [6.45, 7) is 0. The summed E-state index contributed by atoms with van der Waals surface area (Å²) < 4.78 is 59.0. The highest BCUT2D eigenvalue weighted by Gasteiger charge is 2.25. The zero-order chi connectivity index (χ0) is 11.8.